The minimum Gasteiger partial charge on any atom is -0.484 e. The SMILES string of the molecule is Cc1cccc(O[C@H](C)c2ccnc3nc(N=CN(C)C)nn23)c1. The van der Waals surface area contributed by atoms with Gasteiger partial charge in [0.05, 0.1) is 12.0 Å². The highest BCUT2D eigenvalue weighted by molar-refractivity contribution is 5.58. The Morgan fingerprint density at radius 1 is 1.29 bits per heavy atom. The van der Waals surface area contributed by atoms with Crippen LogP contribution >= 0.6 is 0 Å². The first kappa shape index (κ1) is 15.9. The van der Waals surface area contributed by atoms with E-state index in [1.807, 2.05) is 63.2 Å². The maximum Gasteiger partial charge on any atom is 0.272 e. The van der Waals surface area contributed by atoms with Crippen molar-refractivity contribution in [1.29, 1.82) is 0 Å². The summed E-state index contributed by atoms with van der Waals surface area (Å²) in [7, 11) is 3.78. The van der Waals surface area contributed by atoms with E-state index in [1.54, 1.807) is 17.1 Å². The van der Waals surface area contributed by atoms with E-state index in [2.05, 4.69) is 20.1 Å². The van der Waals surface area contributed by atoms with Crippen molar-refractivity contribution >= 4 is 18.1 Å². The highest BCUT2D eigenvalue weighted by Gasteiger charge is 2.15. The minimum atomic E-state index is -0.204. The minimum absolute atomic E-state index is 0.204. The van der Waals surface area contributed by atoms with E-state index < -0.39 is 0 Å². The molecular weight excluding hydrogens is 304 g/mol. The standard InChI is InChI=1S/C17H20N6O/c1-12-6-5-7-14(10-12)24-13(2)15-8-9-18-17-20-16(21-23(15)17)19-11-22(3)4/h5-11,13H,1-4H3/t13-/m1/s1. The molecule has 3 aromatic rings. The zero-order valence-electron chi connectivity index (χ0n) is 14.2. The number of hydrogen-bond acceptors (Lipinski definition) is 5. The van der Waals surface area contributed by atoms with Crippen molar-refractivity contribution in [3.05, 3.63) is 47.8 Å². The van der Waals surface area contributed by atoms with Gasteiger partial charge in [-0.3, -0.25) is 0 Å². The number of hydrogen-bond donors (Lipinski definition) is 0. The molecule has 1 atom stereocenters. The molecule has 124 valence electrons. The van der Waals surface area contributed by atoms with Crippen LogP contribution in [0.25, 0.3) is 5.78 Å². The lowest BCUT2D eigenvalue weighted by Crippen LogP contribution is -2.10. The van der Waals surface area contributed by atoms with E-state index in [0.29, 0.717) is 11.7 Å². The molecule has 0 fully saturated rings. The molecular formula is C17H20N6O. The van der Waals surface area contributed by atoms with Gasteiger partial charge >= 0.3 is 0 Å². The Hall–Kier alpha value is -2.96. The molecule has 0 aliphatic heterocycles. The molecule has 7 nitrogen and oxygen atoms in total. The summed E-state index contributed by atoms with van der Waals surface area (Å²) in [6.07, 6.45) is 3.15. The Bertz CT molecular complexity index is 870. The first-order valence-electron chi connectivity index (χ1n) is 7.68. The molecule has 0 unspecified atom stereocenters. The van der Waals surface area contributed by atoms with Gasteiger partial charge in [-0.2, -0.15) is 9.50 Å². The normalized spacial score (nSPS) is 12.7. The molecule has 0 bridgehead atoms. The highest BCUT2D eigenvalue weighted by Crippen LogP contribution is 2.22. The maximum atomic E-state index is 6.03. The van der Waals surface area contributed by atoms with Crippen molar-refractivity contribution in [2.45, 2.75) is 20.0 Å². The summed E-state index contributed by atoms with van der Waals surface area (Å²) < 4.78 is 7.70. The first-order valence-corrected chi connectivity index (χ1v) is 7.68. The van der Waals surface area contributed by atoms with Crippen molar-refractivity contribution in [3.8, 4) is 5.75 Å². The van der Waals surface area contributed by atoms with Crippen LogP contribution in [0.1, 0.15) is 24.3 Å². The number of aliphatic imine (C=N–C) groups is 1. The molecule has 0 spiro atoms. The number of aryl methyl sites for hydroxylation is 1. The Balaban J connectivity index is 1.90. The molecule has 1 aromatic carbocycles. The number of ether oxygens (including phenoxy) is 1. The fourth-order valence-electron chi connectivity index (χ4n) is 2.28. The summed E-state index contributed by atoms with van der Waals surface area (Å²) in [5.74, 6) is 1.68. The van der Waals surface area contributed by atoms with Crippen molar-refractivity contribution in [2.75, 3.05) is 14.1 Å². The van der Waals surface area contributed by atoms with Gasteiger partial charge in [-0.25, -0.2) is 9.98 Å². The van der Waals surface area contributed by atoms with E-state index in [0.717, 1.165) is 17.0 Å². The van der Waals surface area contributed by atoms with E-state index in [9.17, 15) is 0 Å². The molecule has 2 aromatic heterocycles. The van der Waals surface area contributed by atoms with Crippen LogP contribution in [0.4, 0.5) is 5.95 Å². The lowest BCUT2D eigenvalue weighted by molar-refractivity contribution is 0.218. The van der Waals surface area contributed by atoms with E-state index in [-0.39, 0.29) is 6.10 Å². The molecule has 7 heteroatoms. The summed E-state index contributed by atoms with van der Waals surface area (Å²) >= 11 is 0. The van der Waals surface area contributed by atoms with Crippen molar-refractivity contribution in [3.63, 3.8) is 0 Å². The van der Waals surface area contributed by atoms with Crippen LogP contribution in [0.3, 0.4) is 0 Å². The number of nitrogens with zero attached hydrogens (tertiary/aromatic N) is 6. The van der Waals surface area contributed by atoms with E-state index in [1.165, 1.54) is 0 Å². The Labute approximate surface area is 140 Å². The quantitative estimate of drug-likeness (QED) is 0.533. The van der Waals surface area contributed by atoms with Gasteiger partial charge in [0.25, 0.3) is 11.7 Å². The van der Waals surface area contributed by atoms with Crippen LogP contribution in [-0.2, 0) is 0 Å². The average Bonchev–Trinajstić information content (AvgIpc) is 2.95. The summed E-state index contributed by atoms with van der Waals surface area (Å²) in [4.78, 5) is 14.6. The number of benzene rings is 1. The monoisotopic (exact) mass is 324 g/mol. The third-order valence-corrected chi connectivity index (χ3v) is 3.38. The van der Waals surface area contributed by atoms with Crippen LogP contribution in [0.15, 0.2) is 41.5 Å². The van der Waals surface area contributed by atoms with Gasteiger partial charge in [-0.15, -0.1) is 5.10 Å². The largest absolute Gasteiger partial charge is 0.484 e. The molecule has 0 aliphatic carbocycles. The van der Waals surface area contributed by atoms with E-state index in [4.69, 9.17) is 4.74 Å². The zero-order valence-corrected chi connectivity index (χ0v) is 14.2. The third kappa shape index (κ3) is 3.51. The number of aromatic nitrogens is 4. The van der Waals surface area contributed by atoms with Gasteiger partial charge in [-0.05, 0) is 37.6 Å². The third-order valence-electron chi connectivity index (χ3n) is 3.38. The molecule has 24 heavy (non-hydrogen) atoms. The summed E-state index contributed by atoms with van der Waals surface area (Å²) in [5, 5.41) is 4.40. The van der Waals surface area contributed by atoms with Crippen molar-refractivity contribution in [2.24, 2.45) is 4.99 Å². The lowest BCUT2D eigenvalue weighted by atomic mass is 10.2. The molecule has 0 saturated carbocycles. The first-order chi connectivity index (χ1) is 11.5. The Morgan fingerprint density at radius 3 is 2.88 bits per heavy atom. The molecule has 0 saturated heterocycles. The van der Waals surface area contributed by atoms with Gasteiger partial charge in [-0.1, -0.05) is 12.1 Å². The average molecular weight is 324 g/mol. The molecule has 0 N–H and O–H groups in total. The highest BCUT2D eigenvalue weighted by atomic mass is 16.5. The zero-order chi connectivity index (χ0) is 17.1. The molecule has 3 rings (SSSR count). The molecule has 0 aliphatic rings. The van der Waals surface area contributed by atoms with Gasteiger partial charge < -0.3 is 9.64 Å². The van der Waals surface area contributed by atoms with Crippen LogP contribution in [0.2, 0.25) is 0 Å². The predicted molar refractivity (Wildman–Crippen MR) is 92.8 cm³/mol. The van der Waals surface area contributed by atoms with E-state index >= 15 is 0 Å². The van der Waals surface area contributed by atoms with Crippen LogP contribution in [0, 0.1) is 6.92 Å². The summed E-state index contributed by atoms with van der Waals surface area (Å²) in [5.41, 5.74) is 2.01. The lowest BCUT2D eigenvalue weighted by Gasteiger charge is -2.15. The topological polar surface area (TPSA) is 67.9 Å². The van der Waals surface area contributed by atoms with Crippen LogP contribution in [0.5, 0.6) is 5.75 Å². The Morgan fingerprint density at radius 2 is 2.12 bits per heavy atom. The predicted octanol–water partition coefficient (Wildman–Crippen LogP) is 2.79. The molecule has 0 radical (unpaired) electrons. The second-order valence-corrected chi connectivity index (χ2v) is 5.78. The van der Waals surface area contributed by atoms with Gasteiger partial charge in [0.1, 0.15) is 11.9 Å². The summed E-state index contributed by atoms with van der Waals surface area (Å²) in [6.45, 7) is 4.01. The second kappa shape index (κ2) is 6.66. The van der Waals surface area contributed by atoms with Crippen LogP contribution < -0.4 is 4.74 Å². The fourth-order valence-corrected chi connectivity index (χ4v) is 2.28. The molecule has 0 amide bonds. The van der Waals surface area contributed by atoms with Crippen molar-refractivity contribution < 1.29 is 4.74 Å². The van der Waals surface area contributed by atoms with Crippen LogP contribution in [-0.4, -0.2) is 44.9 Å². The number of rotatable bonds is 5. The fraction of sp³-hybridized carbons (Fsp3) is 0.294. The second-order valence-electron chi connectivity index (χ2n) is 5.78. The van der Waals surface area contributed by atoms with Gasteiger partial charge in [0.15, 0.2) is 0 Å². The van der Waals surface area contributed by atoms with Gasteiger partial charge in [0, 0.05) is 20.3 Å². The molecule has 2 heterocycles. The number of fused-ring (bicyclic) bond motifs is 1. The van der Waals surface area contributed by atoms with Gasteiger partial charge in [0.2, 0.25) is 0 Å². The maximum absolute atomic E-state index is 6.03. The summed E-state index contributed by atoms with van der Waals surface area (Å²) in [6, 6.07) is 9.83. The Kier molecular flexibility index (Phi) is 4.41. The van der Waals surface area contributed by atoms with Crippen molar-refractivity contribution in [1.82, 2.24) is 24.5 Å². The smallest absolute Gasteiger partial charge is 0.272 e.